The van der Waals surface area contributed by atoms with Crippen molar-refractivity contribution in [2.75, 3.05) is 40.3 Å². The fraction of sp³-hybridized carbons (Fsp3) is 0.938. The highest BCUT2D eigenvalue weighted by molar-refractivity contribution is 5.79. The molecule has 0 aromatic carbocycles. The Balaban J connectivity index is 2.07. The second-order valence-electron chi connectivity index (χ2n) is 6.52. The normalized spacial score (nSPS) is 18.6. The van der Waals surface area contributed by atoms with Crippen LogP contribution in [-0.2, 0) is 0 Å². The molecule has 0 amide bonds. The molecule has 2 N–H and O–H groups in total. The lowest BCUT2D eigenvalue weighted by molar-refractivity contribution is 0.220. The summed E-state index contributed by atoms with van der Waals surface area (Å²) in [5.41, 5.74) is 0. The van der Waals surface area contributed by atoms with Gasteiger partial charge in [0.25, 0.3) is 0 Å². The van der Waals surface area contributed by atoms with Crippen molar-refractivity contribution < 1.29 is 0 Å². The van der Waals surface area contributed by atoms with Gasteiger partial charge in [-0.2, -0.15) is 0 Å². The molecule has 0 aromatic rings. The van der Waals surface area contributed by atoms with E-state index in [4.69, 9.17) is 0 Å². The largest absolute Gasteiger partial charge is 0.356 e. The maximum atomic E-state index is 4.30. The van der Waals surface area contributed by atoms with E-state index in [9.17, 15) is 0 Å². The summed E-state index contributed by atoms with van der Waals surface area (Å²) in [6.45, 7) is 9.12. The molecule has 0 aromatic heterocycles. The van der Waals surface area contributed by atoms with Crippen molar-refractivity contribution in [3.05, 3.63) is 0 Å². The molecule has 0 unspecified atom stereocenters. The van der Waals surface area contributed by atoms with Crippen LogP contribution in [0.25, 0.3) is 0 Å². The lowest BCUT2D eigenvalue weighted by Crippen LogP contribution is -2.42. The minimum atomic E-state index is 0.797. The topological polar surface area (TPSA) is 39.7 Å². The average Bonchev–Trinajstić information content (AvgIpc) is 2.43. The van der Waals surface area contributed by atoms with Gasteiger partial charge in [-0.3, -0.25) is 4.99 Å². The fourth-order valence-corrected chi connectivity index (χ4v) is 2.61. The summed E-state index contributed by atoms with van der Waals surface area (Å²) in [6.07, 6.45) is 6.46. The number of nitrogens with zero attached hydrogens (tertiary/aromatic N) is 2. The monoisotopic (exact) mass is 282 g/mol. The summed E-state index contributed by atoms with van der Waals surface area (Å²) in [7, 11) is 4.07. The van der Waals surface area contributed by atoms with Crippen molar-refractivity contribution in [1.29, 1.82) is 0 Å². The molecule has 1 rings (SSSR count). The number of guanidine groups is 1. The van der Waals surface area contributed by atoms with E-state index in [-0.39, 0.29) is 0 Å². The third-order valence-corrected chi connectivity index (χ3v) is 4.12. The predicted molar refractivity (Wildman–Crippen MR) is 88.3 cm³/mol. The van der Waals surface area contributed by atoms with Gasteiger partial charge >= 0.3 is 0 Å². The Bertz CT molecular complexity index is 268. The molecule has 4 heteroatoms. The Kier molecular flexibility index (Phi) is 8.67. The molecule has 0 aliphatic carbocycles. The molecule has 0 radical (unpaired) electrons. The standard InChI is InChI=1S/C16H34N4/c1-14(2)7-5-6-10-18-16(17-3)19-13-15-8-11-20(4)12-9-15/h14-15H,5-13H2,1-4H3,(H2,17,18,19). The minimum absolute atomic E-state index is 0.797. The summed E-state index contributed by atoms with van der Waals surface area (Å²) < 4.78 is 0. The van der Waals surface area contributed by atoms with Gasteiger partial charge in [0.2, 0.25) is 0 Å². The molecule has 1 fully saturated rings. The lowest BCUT2D eigenvalue weighted by Gasteiger charge is -2.29. The Labute approximate surface area is 125 Å². The van der Waals surface area contributed by atoms with Crippen LogP contribution >= 0.6 is 0 Å². The van der Waals surface area contributed by atoms with E-state index in [1.165, 1.54) is 45.2 Å². The van der Waals surface area contributed by atoms with Crippen molar-refractivity contribution in [2.24, 2.45) is 16.8 Å². The number of hydrogen-bond donors (Lipinski definition) is 2. The number of aliphatic imine (C=N–C) groups is 1. The summed E-state index contributed by atoms with van der Waals surface area (Å²) in [5, 5.41) is 6.89. The third-order valence-electron chi connectivity index (χ3n) is 4.12. The fourth-order valence-electron chi connectivity index (χ4n) is 2.61. The number of unbranched alkanes of at least 4 members (excludes halogenated alkanes) is 1. The van der Waals surface area contributed by atoms with Gasteiger partial charge in [-0.1, -0.05) is 26.7 Å². The number of likely N-dealkylation sites (tertiary alicyclic amines) is 1. The van der Waals surface area contributed by atoms with Gasteiger partial charge in [0.05, 0.1) is 0 Å². The zero-order valence-corrected chi connectivity index (χ0v) is 13.9. The van der Waals surface area contributed by atoms with E-state index in [0.29, 0.717) is 0 Å². The molecule has 1 aliphatic rings. The highest BCUT2D eigenvalue weighted by Crippen LogP contribution is 2.14. The van der Waals surface area contributed by atoms with Crippen molar-refractivity contribution in [3.8, 4) is 0 Å². The maximum absolute atomic E-state index is 4.30. The van der Waals surface area contributed by atoms with Gasteiger partial charge < -0.3 is 15.5 Å². The Morgan fingerprint density at radius 3 is 2.50 bits per heavy atom. The SMILES string of the molecule is CN=C(NCCCCC(C)C)NCC1CCN(C)CC1. The van der Waals surface area contributed by atoms with Gasteiger partial charge in [-0.15, -0.1) is 0 Å². The van der Waals surface area contributed by atoms with Crippen LogP contribution in [0.15, 0.2) is 4.99 Å². The first-order valence-electron chi connectivity index (χ1n) is 8.25. The van der Waals surface area contributed by atoms with Crippen LogP contribution in [0.2, 0.25) is 0 Å². The molecule has 20 heavy (non-hydrogen) atoms. The van der Waals surface area contributed by atoms with E-state index >= 15 is 0 Å². The Hall–Kier alpha value is -0.770. The van der Waals surface area contributed by atoms with Gasteiger partial charge in [-0.25, -0.2) is 0 Å². The molecular weight excluding hydrogens is 248 g/mol. The summed E-state index contributed by atoms with van der Waals surface area (Å²) >= 11 is 0. The highest BCUT2D eigenvalue weighted by Gasteiger charge is 2.16. The number of nitrogens with one attached hydrogen (secondary N) is 2. The molecule has 1 saturated heterocycles. The van der Waals surface area contributed by atoms with Crippen LogP contribution in [0.4, 0.5) is 0 Å². The van der Waals surface area contributed by atoms with Crippen LogP contribution < -0.4 is 10.6 Å². The van der Waals surface area contributed by atoms with Gasteiger partial charge in [0.1, 0.15) is 0 Å². The minimum Gasteiger partial charge on any atom is -0.356 e. The maximum Gasteiger partial charge on any atom is 0.190 e. The quantitative estimate of drug-likeness (QED) is 0.428. The summed E-state index contributed by atoms with van der Waals surface area (Å²) in [6, 6.07) is 0. The molecule has 1 heterocycles. The zero-order valence-electron chi connectivity index (χ0n) is 13.9. The van der Waals surface area contributed by atoms with Crippen LogP contribution in [0, 0.1) is 11.8 Å². The number of piperidine rings is 1. The number of hydrogen-bond acceptors (Lipinski definition) is 2. The van der Waals surface area contributed by atoms with Crippen molar-refractivity contribution >= 4 is 5.96 Å². The lowest BCUT2D eigenvalue weighted by atomic mass is 9.97. The zero-order chi connectivity index (χ0) is 14.8. The van der Waals surface area contributed by atoms with E-state index in [1.807, 2.05) is 7.05 Å². The van der Waals surface area contributed by atoms with Gasteiger partial charge in [0, 0.05) is 20.1 Å². The second-order valence-corrected chi connectivity index (χ2v) is 6.52. The van der Waals surface area contributed by atoms with Crippen molar-refractivity contribution in [1.82, 2.24) is 15.5 Å². The molecule has 4 nitrogen and oxygen atoms in total. The number of rotatable bonds is 7. The van der Waals surface area contributed by atoms with Crippen LogP contribution in [0.5, 0.6) is 0 Å². The Morgan fingerprint density at radius 2 is 1.90 bits per heavy atom. The molecule has 0 saturated carbocycles. The first-order chi connectivity index (χ1) is 9.61. The summed E-state index contributed by atoms with van der Waals surface area (Å²) in [4.78, 5) is 6.72. The van der Waals surface area contributed by atoms with Crippen molar-refractivity contribution in [3.63, 3.8) is 0 Å². The van der Waals surface area contributed by atoms with Gasteiger partial charge in [-0.05, 0) is 51.2 Å². The van der Waals surface area contributed by atoms with Crippen LogP contribution in [0.3, 0.4) is 0 Å². The van der Waals surface area contributed by atoms with E-state index in [1.54, 1.807) is 0 Å². The first kappa shape index (κ1) is 17.3. The molecule has 118 valence electrons. The van der Waals surface area contributed by atoms with Crippen LogP contribution in [0.1, 0.15) is 46.0 Å². The van der Waals surface area contributed by atoms with Crippen LogP contribution in [-0.4, -0.2) is 51.1 Å². The van der Waals surface area contributed by atoms with E-state index in [2.05, 4.69) is 41.4 Å². The smallest absolute Gasteiger partial charge is 0.190 e. The third kappa shape index (κ3) is 7.73. The molecule has 0 atom stereocenters. The average molecular weight is 282 g/mol. The molecule has 0 spiro atoms. The second kappa shape index (κ2) is 10.0. The van der Waals surface area contributed by atoms with E-state index < -0.39 is 0 Å². The molecule has 1 aliphatic heterocycles. The van der Waals surface area contributed by atoms with E-state index in [0.717, 1.165) is 30.9 Å². The molecular formula is C16H34N4. The van der Waals surface area contributed by atoms with Crippen molar-refractivity contribution in [2.45, 2.75) is 46.0 Å². The summed E-state index contributed by atoms with van der Waals surface area (Å²) in [5.74, 6) is 2.58. The molecule has 0 bridgehead atoms. The highest BCUT2D eigenvalue weighted by atomic mass is 15.2. The first-order valence-corrected chi connectivity index (χ1v) is 8.25. The van der Waals surface area contributed by atoms with Gasteiger partial charge in [0.15, 0.2) is 5.96 Å². The predicted octanol–water partition coefficient (Wildman–Crippen LogP) is 2.32. The Morgan fingerprint density at radius 1 is 1.20 bits per heavy atom.